The average Bonchev–Trinajstić information content (AvgIpc) is 2.47. The smallest absolute Gasteiger partial charge is 0.408 e. The predicted octanol–water partition coefficient (Wildman–Crippen LogP) is 2.91. The summed E-state index contributed by atoms with van der Waals surface area (Å²) in [4.78, 5) is 30.0. The Labute approximate surface area is 144 Å². The van der Waals surface area contributed by atoms with E-state index in [1.807, 2.05) is 12.1 Å². The molecule has 126 valence electrons. The number of carbonyl (C=O) groups is 2. The first-order chi connectivity index (χ1) is 10.7. The van der Waals surface area contributed by atoms with Crippen molar-refractivity contribution >= 4 is 34.1 Å². The standard InChI is InChI=1S/C16H22BrN3O3/c1-15(2,3)23-14(22)19-16(11-21)6-8-20(9-7-16)13-5-4-12(17)10-18-13/h4-5,10-11H,6-9H2,1-3H3,(H,19,22). The van der Waals surface area contributed by atoms with Gasteiger partial charge < -0.3 is 19.7 Å². The Hall–Kier alpha value is -1.63. The molecule has 7 heteroatoms. The number of nitrogens with zero attached hydrogens (tertiary/aromatic N) is 2. The van der Waals surface area contributed by atoms with Crippen molar-refractivity contribution in [3.63, 3.8) is 0 Å². The van der Waals surface area contributed by atoms with E-state index in [0.717, 1.165) is 16.6 Å². The number of hydrogen-bond acceptors (Lipinski definition) is 5. The van der Waals surface area contributed by atoms with Gasteiger partial charge in [-0.2, -0.15) is 0 Å². The van der Waals surface area contributed by atoms with Gasteiger partial charge >= 0.3 is 6.09 Å². The number of halogens is 1. The highest BCUT2D eigenvalue weighted by atomic mass is 79.9. The summed E-state index contributed by atoms with van der Waals surface area (Å²) in [6, 6.07) is 3.86. The van der Waals surface area contributed by atoms with E-state index >= 15 is 0 Å². The monoisotopic (exact) mass is 383 g/mol. The number of pyridine rings is 1. The van der Waals surface area contributed by atoms with Crippen LogP contribution in [0.3, 0.4) is 0 Å². The van der Waals surface area contributed by atoms with Crippen LogP contribution >= 0.6 is 15.9 Å². The molecule has 0 atom stereocenters. The molecule has 1 aromatic rings. The zero-order chi connectivity index (χ0) is 17.1. The summed E-state index contributed by atoms with van der Waals surface area (Å²) in [5.74, 6) is 0.866. The van der Waals surface area contributed by atoms with Gasteiger partial charge in [0.05, 0.1) is 0 Å². The van der Waals surface area contributed by atoms with Crippen LogP contribution in [-0.2, 0) is 9.53 Å². The van der Waals surface area contributed by atoms with Gasteiger partial charge in [0, 0.05) is 23.8 Å². The lowest BCUT2D eigenvalue weighted by atomic mass is 9.89. The fraction of sp³-hybridized carbons (Fsp3) is 0.562. The van der Waals surface area contributed by atoms with Gasteiger partial charge in [-0.1, -0.05) is 0 Å². The van der Waals surface area contributed by atoms with E-state index in [4.69, 9.17) is 4.74 Å². The van der Waals surface area contributed by atoms with Gasteiger partial charge in [0.2, 0.25) is 0 Å². The maximum absolute atomic E-state index is 12.0. The molecule has 0 aliphatic carbocycles. The number of aromatic nitrogens is 1. The van der Waals surface area contributed by atoms with Crippen molar-refractivity contribution in [2.75, 3.05) is 18.0 Å². The molecule has 1 aliphatic heterocycles. The van der Waals surface area contributed by atoms with Crippen LogP contribution in [0, 0.1) is 0 Å². The van der Waals surface area contributed by atoms with Gasteiger partial charge in [-0.05, 0) is 61.7 Å². The molecule has 1 aromatic heterocycles. The lowest BCUT2D eigenvalue weighted by Gasteiger charge is -2.39. The molecule has 1 saturated heterocycles. The highest BCUT2D eigenvalue weighted by molar-refractivity contribution is 9.10. The highest BCUT2D eigenvalue weighted by Gasteiger charge is 2.37. The molecule has 0 aromatic carbocycles. The van der Waals surface area contributed by atoms with Crippen molar-refractivity contribution in [2.24, 2.45) is 0 Å². The van der Waals surface area contributed by atoms with Crippen LogP contribution in [0.2, 0.25) is 0 Å². The van der Waals surface area contributed by atoms with E-state index in [0.29, 0.717) is 25.9 Å². The molecular formula is C16H22BrN3O3. The fourth-order valence-corrected chi connectivity index (χ4v) is 2.70. The Morgan fingerprint density at radius 2 is 2.04 bits per heavy atom. The number of hydrogen-bond donors (Lipinski definition) is 1. The molecule has 0 unspecified atom stereocenters. The summed E-state index contributed by atoms with van der Waals surface area (Å²) in [5, 5.41) is 2.74. The summed E-state index contributed by atoms with van der Waals surface area (Å²) in [6.07, 6.45) is 3.06. The second-order valence-electron chi connectivity index (χ2n) is 6.72. The summed E-state index contributed by atoms with van der Waals surface area (Å²) in [6.45, 7) is 6.66. The molecule has 0 spiro atoms. The summed E-state index contributed by atoms with van der Waals surface area (Å²) in [7, 11) is 0. The molecule has 0 bridgehead atoms. The minimum absolute atomic E-state index is 0.521. The van der Waals surface area contributed by atoms with Crippen LogP contribution in [-0.4, -0.2) is 41.6 Å². The van der Waals surface area contributed by atoms with Crippen molar-refractivity contribution in [3.8, 4) is 0 Å². The zero-order valence-electron chi connectivity index (χ0n) is 13.6. The molecule has 1 N–H and O–H groups in total. The molecule has 0 radical (unpaired) electrons. The number of piperidine rings is 1. The number of anilines is 1. The Balaban J connectivity index is 1.98. The molecule has 2 rings (SSSR count). The van der Waals surface area contributed by atoms with E-state index in [1.54, 1.807) is 27.0 Å². The van der Waals surface area contributed by atoms with E-state index < -0.39 is 17.2 Å². The third-order valence-electron chi connectivity index (χ3n) is 3.67. The van der Waals surface area contributed by atoms with E-state index in [1.165, 1.54) is 0 Å². The highest BCUT2D eigenvalue weighted by Crippen LogP contribution is 2.25. The second kappa shape index (κ2) is 6.86. The topological polar surface area (TPSA) is 71.5 Å². The van der Waals surface area contributed by atoms with Gasteiger partial charge in [0.1, 0.15) is 23.2 Å². The molecule has 1 amide bonds. The maximum Gasteiger partial charge on any atom is 0.408 e. The first kappa shape index (κ1) is 17.7. The van der Waals surface area contributed by atoms with Gasteiger partial charge in [-0.3, -0.25) is 0 Å². The molecule has 1 fully saturated rings. The molecule has 1 aliphatic rings. The Kier molecular flexibility index (Phi) is 5.29. The molecular weight excluding hydrogens is 362 g/mol. The molecule has 23 heavy (non-hydrogen) atoms. The number of aldehydes is 1. The van der Waals surface area contributed by atoms with Crippen molar-refractivity contribution in [3.05, 3.63) is 22.8 Å². The van der Waals surface area contributed by atoms with Crippen LogP contribution in [0.15, 0.2) is 22.8 Å². The van der Waals surface area contributed by atoms with Crippen LogP contribution in [0.1, 0.15) is 33.6 Å². The minimum atomic E-state index is -0.867. The third-order valence-corrected chi connectivity index (χ3v) is 4.14. The SMILES string of the molecule is CC(C)(C)OC(=O)NC1(C=O)CCN(c2ccc(Br)cn2)CC1. The van der Waals surface area contributed by atoms with Gasteiger partial charge in [-0.15, -0.1) is 0 Å². The van der Waals surface area contributed by atoms with E-state index in [9.17, 15) is 9.59 Å². The lowest BCUT2D eigenvalue weighted by molar-refractivity contribution is -0.114. The summed E-state index contributed by atoms with van der Waals surface area (Å²) >= 11 is 3.36. The number of ether oxygens (including phenoxy) is 1. The third kappa shape index (κ3) is 4.92. The first-order valence-electron chi connectivity index (χ1n) is 7.57. The van der Waals surface area contributed by atoms with E-state index in [2.05, 4.69) is 31.1 Å². The Morgan fingerprint density at radius 3 is 2.52 bits per heavy atom. The summed E-state index contributed by atoms with van der Waals surface area (Å²) in [5.41, 5.74) is -1.45. The van der Waals surface area contributed by atoms with Gasteiger partial charge in [0.25, 0.3) is 0 Å². The largest absolute Gasteiger partial charge is 0.444 e. The minimum Gasteiger partial charge on any atom is -0.444 e. The van der Waals surface area contributed by atoms with Crippen LogP contribution in [0.4, 0.5) is 10.6 Å². The average molecular weight is 384 g/mol. The molecule has 0 saturated carbocycles. The quantitative estimate of drug-likeness (QED) is 0.812. The van der Waals surface area contributed by atoms with Crippen molar-refractivity contribution < 1.29 is 14.3 Å². The van der Waals surface area contributed by atoms with Crippen molar-refractivity contribution in [1.82, 2.24) is 10.3 Å². The predicted molar refractivity (Wildman–Crippen MR) is 91.5 cm³/mol. The zero-order valence-corrected chi connectivity index (χ0v) is 15.2. The second-order valence-corrected chi connectivity index (χ2v) is 7.64. The number of alkyl carbamates (subject to hydrolysis) is 1. The van der Waals surface area contributed by atoms with Crippen LogP contribution in [0.25, 0.3) is 0 Å². The number of amides is 1. The first-order valence-corrected chi connectivity index (χ1v) is 8.36. The fourth-order valence-electron chi connectivity index (χ4n) is 2.47. The van der Waals surface area contributed by atoms with Crippen LogP contribution in [0.5, 0.6) is 0 Å². The van der Waals surface area contributed by atoms with E-state index in [-0.39, 0.29) is 0 Å². The van der Waals surface area contributed by atoms with Gasteiger partial charge in [0.15, 0.2) is 0 Å². The Morgan fingerprint density at radius 1 is 1.39 bits per heavy atom. The number of nitrogens with one attached hydrogen (secondary N) is 1. The summed E-state index contributed by atoms with van der Waals surface area (Å²) < 4.78 is 6.18. The maximum atomic E-state index is 12.0. The van der Waals surface area contributed by atoms with Crippen LogP contribution < -0.4 is 10.2 Å². The molecule has 2 heterocycles. The normalized spacial score (nSPS) is 17.5. The van der Waals surface area contributed by atoms with Crippen molar-refractivity contribution in [1.29, 1.82) is 0 Å². The number of carbonyl (C=O) groups excluding carboxylic acids is 2. The Bertz CT molecular complexity index is 561. The lowest BCUT2D eigenvalue weighted by Crippen LogP contribution is -2.57. The van der Waals surface area contributed by atoms with Crippen molar-refractivity contribution in [2.45, 2.75) is 44.8 Å². The van der Waals surface area contributed by atoms with Gasteiger partial charge in [-0.25, -0.2) is 9.78 Å². The molecule has 6 nitrogen and oxygen atoms in total. The number of rotatable bonds is 3.